The number of hydrogen-bond acceptors (Lipinski definition) is 2. The average Bonchev–Trinajstić information content (AvgIpc) is 3.21. The molecule has 0 aromatic heterocycles. The summed E-state index contributed by atoms with van der Waals surface area (Å²) in [5.41, 5.74) is -0.218. The molecular weight excluding hydrogens is 263 g/mol. The van der Waals surface area contributed by atoms with Gasteiger partial charge in [-0.2, -0.15) is 0 Å². The highest BCUT2D eigenvalue weighted by atomic mass is 19.1. The summed E-state index contributed by atoms with van der Waals surface area (Å²) in [7, 11) is 0. The van der Waals surface area contributed by atoms with Gasteiger partial charge in [-0.05, 0) is 44.0 Å². The number of rotatable bonds is 5. The van der Waals surface area contributed by atoms with E-state index in [1.54, 1.807) is 6.92 Å². The van der Waals surface area contributed by atoms with Crippen molar-refractivity contribution < 1.29 is 19.1 Å². The molecule has 1 fully saturated rings. The van der Waals surface area contributed by atoms with Crippen molar-refractivity contribution in [2.45, 2.75) is 19.8 Å². The van der Waals surface area contributed by atoms with E-state index >= 15 is 0 Å². The van der Waals surface area contributed by atoms with Crippen LogP contribution in [-0.4, -0.2) is 30.2 Å². The van der Waals surface area contributed by atoms with E-state index < -0.39 is 11.4 Å². The van der Waals surface area contributed by atoms with Crippen LogP contribution in [0.25, 0.3) is 0 Å². The number of carbonyl (C=O) groups is 2. The zero-order valence-electron chi connectivity index (χ0n) is 11.2. The second-order valence-electron chi connectivity index (χ2n) is 4.96. The summed E-state index contributed by atoms with van der Waals surface area (Å²) in [5, 5.41) is 11.7. The summed E-state index contributed by atoms with van der Waals surface area (Å²) in [6.45, 7) is 2.34. The van der Waals surface area contributed by atoms with E-state index in [2.05, 4.69) is 5.32 Å². The molecule has 2 amide bonds. The summed E-state index contributed by atoms with van der Waals surface area (Å²) in [5.74, 6) is -1.24. The number of hydrogen-bond donors (Lipinski definition) is 2. The van der Waals surface area contributed by atoms with Gasteiger partial charge >= 0.3 is 12.0 Å². The third kappa shape index (κ3) is 2.89. The number of benzene rings is 1. The van der Waals surface area contributed by atoms with Crippen LogP contribution < -0.4 is 10.2 Å². The Bertz CT molecular complexity index is 512. The van der Waals surface area contributed by atoms with Gasteiger partial charge in [0, 0.05) is 18.8 Å². The maximum Gasteiger partial charge on any atom is 0.321 e. The highest BCUT2D eigenvalue weighted by Crippen LogP contribution is 2.45. The monoisotopic (exact) mass is 280 g/mol. The second-order valence-corrected chi connectivity index (χ2v) is 4.96. The molecule has 1 aromatic rings. The van der Waals surface area contributed by atoms with Gasteiger partial charge in [-0.3, -0.25) is 9.69 Å². The van der Waals surface area contributed by atoms with Crippen molar-refractivity contribution in [1.82, 2.24) is 5.32 Å². The number of carbonyl (C=O) groups excluding carboxylic acids is 1. The van der Waals surface area contributed by atoms with Gasteiger partial charge in [-0.25, -0.2) is 9.18 Å². The Morgan fingerprint density at radius 3 is 2.40 bits per heavy atom. The van der Waals surface area contributed by atoms with Crippen molar-refractivity contribution in [1.29, 1.82) is 0 Å². The Balaban J connectivity index is 1.99. The standard InChI is InChI=1S/C14H17FN2O3/c1-2-17(11-5-3-10(15)4-6-11)13(20)16-9-14(7-8-14)12(18)19/h3-6H,2,7-9H2,1H3,(H,16,20)(H,18,19). The van der Waals surface area contributed by atoms with Crippen molar-refractivity contribution in [2.24, 2.45) is 5.41 Å². The topological polar surface area (TPSA) is 69.6 Å². The molecule has 20 heavy (non-hydrogen) atoms. The number of carboxylic acids is 1. The van der Waals surface area contributed by atoms with Crippen molar-refractivity contribution in [3.63, 3.8) is 0 Å². The van der Waals surface area contributed by atoms with Crippen molar-refractivity contribution in [2.75, 3.05) is 18.0 Å². The Morgan fingerprint density at radius 1 is 1.35 bits per heavy atom. The predicted molar refractivity (Wildman–Crippen MR) is 72.1 cm³/mol. The highest BCUT2D eigenvalue weighted by molar-refractivity contribution is 5.92. The fourth-order valence-electron chi connectivity index (χ4n) is 2.02. The van der Waals surface area contributed by atoms with Gasteiger partial charge in [0.1, 0.15) is 5.82 Å². The Morgan fingerprint density at radius 2 is 1.95 bits per heavy atom. The van der Waals surface area contributed by atoms with Crippen LogP contribution in [0.1, 0.15) is 19.8 Å². The van der Waals surface area contributed by atoms with Gasteiger partial charge in [0.2, 0.25) is 0 Å². The summed E-state index contributed by atoms with van der Waals surface area (Å²) >= 11 is 0. The van der Waals surface area contributed by atoms with Gasteiger partial charge in [0.15, 0.2) is 0 Å². The lowest BCUT2D eigenvalue weighted by Crippen LogP contribution is -2.43. The maximum atomic E-state index is 12.9. The van der Waals surface area contributed by atoms with Crippen LogP contribution in [0, 0.1) is 11.2 Å². The third-order valence-corrected chi connectivity index (χ3v) is 3.58. The molecule has 0 atom stereocenters. The number of aliphatic carboxylic acids is 1. The van der Waals surface area contributed by atoms with Gasteiger partial charge in [-0.15, -0.1) is 0 Å². The number of nitrogens with zero attached hydrogens (tertiary/aromatic N) is 1. The van der Waals surface area contributed by atoms with Gasteiger partial charge in [0.05, 0.1) is 5.41 Å². The number of amides is 2. The zero-order chi connectivity index (χ0) is 14.8. The largest absolute Gasteiger partial charge is 0.481 e. The van der Waals surface area contributed by atoms with E-state index in [0.29, 0.717) is 25.1 Å². The molecule has 1 saturated carbocycles. The number of carboxylic acid groups (broad SMARTS) is 1. The predicted octanol–water partition coefficient (Wildman–Crippen LogP) is 2.23. The second kappa shape index (κ2) is 5.48. The Labute approximate surface area is 116 Å². The van der Waals surface area contributed by atoms with Crippen LogP contribution in [0.2, 0.25) is 0 Å². The molecule has 0 radical (unpaired) electrons. The molecule has 0 aliphatic heterocycles. The van der Waals surface area contributed by atoms with E-state index in [1.807, 2.05) is 0 Å². The summed E-state index contributed by atoms with van der Waals surface area (Å²) < 4.78 is 12.9. The van der Waals surface area contributed by atoms with Crippen LogP contribution in [0.4, 0.5) is 14.9 Å². The van der Waals surface area contributed by atoms with Crippen LogP contribution in [-0.2, 0) is 4.79 Å². The average molecular weight is 280 g/mol. The minimum atomic E-state index is -0.873. The fourth-order valence-corrected chi connectivity index (χ4v) is 2.02. The van der Waals surface area contributed by atoms with E-state index in [0.717, 1.165) is 0 Å². The SMILES string of the molecule is CCN(C(=O)NCC1(C(=O)O)CC1)c1ccc(F)cc1. The number of anilines is 1. The van der Waals surface area contributed by atoms with Crippen LogP contribution in [0.5, 0.6) is 0 Å². The fraction of sp³-hybridized carbons (Fsp3) is 0.429. The minimum Gasteiger partial charge on any atom is -0.481 e. The normalized spacial score (nSPS) is 15.5. The van der Waals surface area contributed by atoms with Crippen molar-refractivity contribution in [3.05, 3.63) is 30.1 Å². The van der Waals surface area contributed by atoms with E-state index in [4.69, 9.17) is 5.11 Å². The smallest absolute Gasteiger partial charge is 0.321 e. The lowest BCUT2D eigenvalue weighted by atomic mass is 10.1. The maximum absolute atomic E-state index is 12.9. The van der Waals surface area contributed by atoms with Gasteiger partial charge in [-0.1, -0.05) is 0 Å². The lowest BCUT2D eigenvalue weighted by molar-refractivity contribution is -0.143. The molecule has 6 heteroatoms. The zero-order valence-corrected chi connectivity index (χ0v) is 11.2. The molecule has 1 aromatic carbocycles. The molecule has 1 aliphatic carbocycles. The number of urea groups is 1. The first-order chi connectivity index (χ1) is 9.48. The minimum absolute atomic E-state index is 0.124. The molecule has 0 unspecified atom stereocenters. The van der Waals surface area contributed by atoms with E-state index in [1.165, 1.54) is 29.2 Å². The highest BCUT2D eigenvalue weighted by Gasteiger charge is 2.50. The first kappa shape index (κ1) is 14.3. The summed E-state index contributed by atoms with van der Waals surface area (Å²) in [6.07, 6.45) is 1.18. The van der Waals surface area contributed by atoms with E-state index in [9.17, 15) is 14.0 Å². The molecule has 0 bridgehead atoms. The molecule has 108 valence electrons. The van der Waals surface area contributed by atoms with Gasteiger partial charge in [0.25, 0.3) is 0 Å². The van der Waals surface area contributed by atoms with Crippen molar-refractivity contribution in [3.8, 4) is 0 Å². The molecule has 1 aliphatic rings. The Kier molecular flexibility index (Phi) is 3.92. The first-order valence-corrected chi connectivity index (χ1v) is 6.53. The van der Waals surface area contributed by atoms with Gasteiger partial charge < -0.3 is 10.4 Å². The molecule has 2 rings (SSSR count). The summed E-state index contributed by atoms with van der Waals surface area (Å²) in [6, 6.07) is 5.23. The molecular formula is C14H17FN2O3. The number of halogens is 1. The van der Waals surface area contributed by atoms with Crippen molar-refractivity contribution >= 4 is 17.7 Å². The molecule has 0 heterocycles. The van der Waals surface area contributed by atoms with Crippen LogP contribution in [0.3, 0.4) is 0 Å². The lowest BCUT2D eigenvalue weighted by Gasteiger charge is -2.22. The number of nitrogens with one attached hydrogen (secondary N) is 1. The molecule has 0 spiro atoms. The quantitative estimate of drug-likeness (QED) is 0.869. The first-order valence-electron chi connectivity index (χ1n) is 6.53. The molecule has 5 nitrogen and oxygen atoms in total. The van der Waals surface area contributed by atoms with Crippen LogP contribution >= 0.6 is 0 Å². The molecule has 0 saturated heterocycles. The van der Waals surface area contributed by atoms with Crippen LogP contribution in [0.15, 0.2) is 24.3 Å². The Hall–Kier alpha value is -2.11. The van der Waals surface area contributed by atoms with E-state index in [-0.39, 0.29) is 18.4 Å². The third-order valence-electron chi connectivity index (χ3n) is 3.58. The molecule has 2 N–H and O–H groups in total. The summed E-state index contributed by atoms with van der Waals surface area (Å²) in [4.78, 5) is 24.6.